The van der Waals surface area contributed by atoms with Crippen molar-refractivity contribution in [3.05, 3.63) is 0 Å². The van der Waals surface area contributed by atoms with Crippen molar-refractivity contribution in [1.29, 1.82) is 0 Å². The summed E-state index contributed by atoms with van der Waals surface area (Å²) >= 11 is 0. The molecule has 3 N–H and O–H groups in total. The predicted octanol–water partition coefficient (Wildman–Crippen LogP) is 1.05. The van der Waals surface area contributed by atoms with Crippen LogP contribution in [0.2, 0.25) is 0 Å². The lowest BCUT2D eigenvalue weighted by atomic mass is 9.85. The molecule has 1 fully saturated rings. The lowest BCUT2D eigenvalue weighted by Crippen LogP contribution is -2.42. The van der Waals surface area contributed by atoms with E-state index in [0.717, 1.165) is 0 Å². The van der Waals surface area contributed by atoms with Crippen molar-refractivity contribution >= 4 is 0 Å². The second-order valence-electron chi connectivity index (χ2n) is 4.35. The summed E-state index contributed by atoms with van der Waals surface area (Å²) in [5, 5.41) is 20.5. The molecule has 3 unspecified atom stereocenters. The van der Waals surface area contributed by atoms with Crippen molar-refractivity contribution in [1.82, 2.24) is 5.32 Å². The first kappa shape index (κ1) is 13.7. The number of hydrogen-bond acceptors (Lipinski definition) is 3. The van der Waals surface area contributed by atoms with Crippen LogP contribution in [0, 0.1) is 5.92 Å². The molecule has 96 valence electrons. The minimum Gasteiger partial charge on any atom is -0.394 e. The first-order chi connectivity index (χ1) is 7.43. The van der Waals surface area contributed by atoms with Gasteiger partial charge in [0.15, 0.2) is 0 Å². The third-order valence-corrected chi connectivity index (χ3v) is 2.99. The Hall–Kier alpha value is -0.330. The van der Waals surface area contributed by atoms with Crippen molar-refractivity contribution in [2.75, 3.05) is 13.2 Å². The fraction of sp³-hybridized carbons (Fsp3) is 1.00. The summed E-state index contributed by atoms with van der Waals surface area (Å²) in [4.78, 5) is 0. The SMILES string of the molecule is OCC(O)CNC1CCCC(C(F)(F)F)C1. The standard InChI is InChI=1S/C10H18F3NO2/c11-10(12,13)7-2-1-3-8(4-7)14-5-9(16)6-15/h7-9,14-16H,1-6H2. The fourth-order valence-corrected chi connectivity index (χ4v) is 2.04. The van der Waals surface area contributed by atoms with Crippen LogP contribution in [-0.4, -0.2) is 41.7 Å². The first-order valence-electron chi connectivity index (χ1n) is 5.52. The molecule has 1 rings (SSSR count). The number of halogens is 3. The summed E-state index contributed by atoms with van der Waals surface area (Å²) < 4.78 is 37.4. The number of alkyl halides is 3. The molecule has 0 aromatic heterocycles. The van der Waals surface area contributed by atoms with Gasteiger partial charge < -0.3 is 15.5 Å². The van der Waals surface area contributed by atoms with Crippen LogP contribution in [0.1, 0.15) is 25.7 Å². The van der Waals surface area contributed by atoms with Gasteiger partial charge in [-0.1, -0.05) is 6.42 Å². The van der Waals surface area contributed by atoms with Gasteiger partial charge in [0, 0.05) is 12.6 Å². The summed E-state index contributed by atoms with van der Waals surface area (Å²) in [5.74, 6) is -1.23. The normalized spacial score (nSPS) is 29.1. The number of aliphatic hydroxyl groups excluding tert-OH is 2. The van der Waals surface area contributed by atoms with E-state index in [4.69, 9.17) is 10.2 Å². The van der Waals surface area contributed by atoms with Gasteiger partial charge in [0.1, 0.15) is 0 Å². The zero-order chi connectivity index (χ0) is 12.2. The Morgan fingerprint density at radius 1 is 1.31 bits per heavy atom. The molecule has 1 aliphatic carbocycles. The Kier molecular flexibility index (Phi) is 5.01. The van der Waals surface area contributed by atoms with Crippen LogP contribution in [0.15, 0.2) is 0 Å². The molecule has 0 aromatic carbocycles. The quantitative estimate of drug-likeness (QED) is 0.689. The third kappa shape index (κ3) is 4.27. The second kappa shape index (κ2) is 5.84. The van der Waals surface area contributed by atoms with Gasteiger partial charge in [0.05, 0.1) is 18.6 Å². The maximum atomic E-state index is 12.5. The van der Waals surface area contributed by atoms with Crippen LogP contribution >= 0.6 is 0 Å². The summed E-state index contributed by atoms with van der Waals surface area (Å²) in [6, 6.07) is -0.207. The van der Waals surface area contributed by atoms with Gasteiger partial charge >= 0.3 is 6.18 Å². The smallest absolute Gasteiger partial charge is 0.391 e. The minimum atomic E-state index is -4.12. The Morgan fingerprint density at radius 3 is 2.56 bits per heavy atom. The average molecular weight is 241 g/mol. The molecule has 3 atom stereocenters. The van der Waals surface area contributed by atoms with E-state index in [1.165, 1.54) is 0 Å². The molecule has 3 nitrogen and oxygen atoms in total. The van der Waals surface area contributed by atoms with E-state index in [2.05, 4.69) is 5.32 Å². The third-order valence-electron chi connectivity index (χ3n) is 2.99. The summed E-state index contributed by atoms with van der Waals surface area (Å²) in [6.07, 6.45) is -3.49. The molecule has 0 amide bonds. The Labute approximate surface area is 92.7 Å². The van der Waals surface area contributed by atoms with Crippen LogP contribution in [-0.2, 0) is 0 Å². The Balaban J connectivity index is 2.33. The zero-order valence-corrected chi connectivity index (χ0v) is 9.00. The van der Waals surface area contributed by atoms with Gasteiger partial charge in [-0.05, 0) is 19.3 Å². The molecular weight excluding hydrogens is 223 g/mol. The molecule has 0 heterocycles. The van der Waals surface area contributed by atoms with Gasteiger partial charge in [-0.25, -0.2) is 0 Å². The highest BCUT2D eigenvalue weighted by Crippen LogP contribution is 2.37. The van der Waals surface area contributed by atoms with Gasteiger partial charge in [0.2, 0.25) is 0 Å². The fourth-order valence-electron chi connectivity index (χ4n) is 2.04. The van der Waals surface area contributed by atoms with Crippen LogP contribution in [0.4, 0.5) is 13.2 Å². The second-order valence-corrected chi connectivity index (χ2v) is 4.35. The topological polar surface area (TPSA) is 52.5 Å². The highest BCUT2D eigenvalue weighted by Gasteiger charge is 2.41. The molecular formula is C10H18F3NO2. The number of nitrogens with one attached hydrogen (secondary N) is 1. The number of rotatable bonds is 4. The molecule has 0 spiro atoms. The van der Waals surface area contributed by atoms with Crippen LogP contribution < -0.4 is 5.32 Å². The summed E-state index contributed by atoms with van der Waals surface area (Å²) in [7, 11) is 0. The molecule has 0 radical (unpaired) electrons. The largest absolute Gasteiger partial charge is 0.394 e. The van der Waals surface area contributed by atoms with E-state index in [1.807, 2.05) is 0 Å². The number of hydrogen-bond donors (Lipinski definition) is 3. The van der Waals surface area contributed by atoms with Crippen molar-refractivity contribution in [3.8, 4) is 0 Å². The Morgan fingerprint density at radius 2 is 2.00 bits per heavy atom. The molecule has 0 saturated heterocycles. The molecule has 16 heavy (non-hydrogen) atoms. The van der Waals surface area contributed by atoms with E-state index in [0.29, 0.717) is 12.8 Å². The van der Waals surface area contributed by atoms with Gasteiger partial charge in [0.25, 0.3) is 0 Å². The van der Waals surface area contributed by atoms with E-state index in [9.17, 15) is 13.2 Å². The lowest BCUT2D eigenvalue weighted by molar-refractivity contribution is -0.183. The van der Waals surface area contributed by atoms with Gasteiger partial charge in [-0.3, -0.25) is 0 Å². The highest BCUT2D eigenvalue weighted by molar-refractivity contribution is 4.82. The summed E-state index contributed by atoms with van der Waals surface area (Å²) in [5.41, 5.74) is 0. The number of aliphatic hydroxyl groups is 2. The molecule has 0 aromatic rings. The van der Waals surface area contributed by atoms with Crippen LogP contribution in [0.25, 0.3) is 0 Å². The lowest BCUT2D eigenvalue weighted by Gasteiger charge is -2.31. The first-order valence-corrected chi connectivity index (χ1v) is 5.52. The van der Waals surface area contributed by atoms with E-state index in [-0.39, 0.29) is 32.0 Å². The minimum absolute atomic E-state index is 0.0711. The van der Waals surface area contributed by atoms with E-state index >= 15 is 0 Å². The molecule has 6 heteroatoms. The zero-order valence-electron chi connectivity index (χ0n) is 9.00. The Bertz CT molecular complexity index is 211. The molecule has 0 aliphatic heterocycles. The van der Waals surface area contributed by atoms with Crippen LogP contribution in [0.3, 0.4) is 0 Å². The predicted molar refractivity (Wildman–Crippen MR) is 52.9 cm³/mol. The van der Waals surface area contributed by atoms with Crippen molar-refractivity contribution in [2.24, 2.45) is 5.92 Å². The van der Waals surface area contributed by atoms with Crippen molar-refractivity contribution in [2.45, 2.75) is 44.0 Å². The highest BCUT2D eigenvalue weighted by atomic mass is 19.4. The van der Waals surface area contributed by atoms with Gasteiger partial charge in [-0.2, -0.15) is 13.2 Å². The van der Waals surface area contributed by atoms with Crippen LogP contribution in [0.5, 0.6) is 0 Å². The van der Waals surface area contributed by atoms with E-state index < -0.39 is 18.2 Å². The van der Waals surface area contributed by atoms with Gasteiger partial charge in [-0.15, -0.1) is 0 Å². The van der Waals surface area contributed by atoms with E-state index in [1.54, 1.807) is 0 Å². The van der Waals surface area contributed by atoms with Crippen molar-refractivity contribution < 1.29 is 23.4 Å². The maximum absolute atomic E-state index is 12.5. The van der Waals surface area contributed by atoms with Crippen molar-refractivity contribution in [3.63, 3.8) is 0 Å². The average Bonchev–Trinajstić information content (AvgIpc) is 2.25. The summed E-state index contributed by atoms with van der Waals surface area (Å²) in [6.45, 7) is -0.228. The molecule has 1 aliphatic rings. The molecule has 1 saturated carbocycles. The molecule has 0 bridgehead atoms. The maximum Gasteiger partial charge on any atom is 0.391 e. The monoisotopic (exact) mass is 241 g/mol.